The van der Waals surface area contributed by atoms with Gasteiger partial charge in [0, 0.05) is 0 Å². The van der Waals surface area contributed by atoms with Crippen molar-refractivity contribution in [3.63, 3.8) is 0 Å². The number of carbonyl (C=O) groups is 1. The molecule has 2 rings (SSSR count). The standard InChI is InChI=1S/C11H13N3O6S/c1-6-10(7(2)19-13-6)11-12-8(14-20-11)4-21(16,17)5-9(15)18-3/h4-5H2,1-3H3. The summed E-state index contributed by atoms with van der Waals surface area (Å²) in [6, 6.07) is 0. The number of nitrogens with zero attached hydrogens (tertiary/aromatic N) is 3. The highest BCUT2D eigenvalue weighted by molar-refractivity contribution is 7.91. The van der Waals surface area contributed by atoms with Crippen molar-refractivity contribution in [3.8, 4) is 11.5 Å². The second-order valence-corrected chi connectivity index (χ2v) is 6.39. The highest BCUT2D eigenvalue weighted by Crippen LogP contribution is 2.25. The normalized spacial score (nSPS) is 11.6. The fraction of sp³-hybridized carbons (Fsp3) is 0.455. The molecule has 0 saturated heterocycles. The Kier molecular flexibility index (Phi) is 4.07. The molecule has 2 aromatic rings. The van der Waals surface area contributed by atoms with Crippen molar-refractivity contribution in [2.45, 2.75) is 19.6 Å². The lowest BCUT2D eigenvalue weighted by Gasteiger charge is -1.99. The van der Waals surface area contributed by atoms with E-state index in [4.69, 9.17) is 9.05 Å². The van der Waals surface area contributed by atoms with Crippen LogP contribution in [-0.4, -0.2) is 42.5 Å². The number of hydrogen-bond acceptors (Lipinski definition) is 9. The number of aromatic nitrogens is 3. The van der Waals surface area contributed by atoms with Crippen LogP contribution in [0.25, 0.3) is 11.5 Å². The van der Waals surface area contributed by atoms with Crippen LogP contribution in [0.5, 0.6) is 0 Å². The summed E-state index contributed by atoms with van der Waals surface area (Å²) in [5.41, 5.74) is 1.08. The molecule has 0 aliphatic rings. The number of aryl methyl sites for hydroxylation is 2. The van der Waals surface area contributed by atoms with Gasteiger partial charge in [0.2, 0.25) is 0 Å². The number of ether oxygens (including phenoxy) is 1. The summed E-state index contributed by atoms with van der Waals surface area (Å²) >= 11 is 0. The largest absolute Gasteiger partial charge is 0.468 e. The molecule has 2 heterocycles. The number of esters is 1. The maximum atomic E-state index is 11.7. The SMILES string of the molecule is COC(=O)CS(=O)(=O)Cc1noc(-c2c(C)noc2C)n1. The van der Waals surface area contributed by atoms with Gasteiger partial charge in [0.05, 0.1) is 12.8 Å². The van der Waals surface area contributed by atoms with E-state index in [1.807, 2.05) is 0 Å². The zero-order chi connectivity index (χ0) is 15.6. The van der Waals surface area contributed by atoms with Crippen molar-refractivity contribution in [1.82, 2.24) is 15.3 Å². The fourth-order valence-corrected chi connectivity index (χ4v) is 2.78. The van der Waals surface area contributed by atoms with Crippen LogP contribution in [0, 0.1) is 13.8 Å². The van der Waals surface area contributed by atoms with Crippen molar-refractivity contribution in [2.75, 3.05) is 12.9 Å². The minimum absolute atomic E-state index is 0.0473. The molecular formula is C11H13N3O6S. The third-order valence-electron chi connectivity index (χ3n) is 2.63. The average Bonchev–Trinajstić information content (AvgIpc) is 2.95. The van der Waals surface area contributed by atoms with Crippen molar-refractivity contribution in [2.24, 2.45) is 0 Å². The Balaban J connectivity index is 2.20. The van der Waals surface area contributed by atoms with Crippen LogP contribution < -0.4 is 0 Å². The van der Waals surface area contributed by atoms with E-state index < -0.39 is 27.3 Å². The van der Waals surface area contributed by atoms with Crippen molar-refractivity contribution in [3.05, 3.63) is 17.3 Å². The molecular weight excluding hydrogens is 302 g/mol. The van der Waals surface area contributed by atoms with Gasteiger partial charge in [0.1, 0.15) is 22.8 Å². The smallest absolute Gasteiger partial charge is 0.320 e. The molecule has 114 valence electrons. The Morgan fingerprint density at radius 3 is 2.52 bits per heavy atom. The Hall–Kier alpha value is -2.23. The Morgan fingerprint density at radius 2 is 1.95 bits per heavy atom. The van der Waals surface area contributed by atoms with Gasteiger partial charge in [-0.3, -0.25) is 4.79 Å². The third-order valence-corrected chi connectivity index (χ3v) is 4.00. The van der Waals surface area contributed by atoms with E-state index in [1.165, 1.54) is 0 Å². The van der Waals surface area contributed by atoms with Gasteiger partial charge < -0.3 is 13.8 Å². The number of sulfone groups is 1. The van der Waals surface area contributed by atoms with Crippen LogP contribution in [0.15, 0.2) is 9.05 Å². The summed E-state index contributed by atoms with van der Waals surface area (Å²) in [5.74, 6) is -1.54. The second kappa shape index (κ2) is 5.64. The summed E-state index contributed by atoms with van der Waals surface area (Å²) in [7, 11) is -2.61. The number of hydrogen-bond donors (Lipinski definition) is 0. The predicted molar refractivity (Wildman–Crippen MR) is 68.8 cm³/mol. The third kappa shape index (κ3) is 3.45. The molecule has 0 saturated carbocycles. The lowest BCUT2D eigenvalue weighted by molar-refractivity contribution is -0.137. The first kappa shape index (κ1) is 15.2. The number of carbonyl (C=O) groups excluding carboxylic acids is 1. The van der Waals surface area contributed by atoms with Crippen LogP contribution in [0.4, 0.5) is 0 Å². The molecule has 10 heteroatoms. The number of methoxy groups -OCH3 is 1. The molecule has 0 radical (unpaired) electrons. The molecule has 2 aromatic heterocycles. The highest BCUT2D eigenvalue weighted by atomic mass is 32.2. The molecule has 9 nitrogen and oxygen atoms in total. The van der Waals surface area contributed by atoms with Crippen LogP contribution in [-0.2, 0) is 25.1 Å². The fourth-order valence-electron chi connectivity index (χ4n) is 1.69. The minimum Gasteiger partial charge on any atom is -0.468 e. The van der Waals surface area contributed by atoms with E-state index in [2.05, 4.69) is 20.0 Å². The summed E-state index contributed by atoms with van der Waals surface area (Å²) in [5, 5.41) is 7.33. The lowest BCUT2D eigenvalue weighted by Crippen LogP contribution is -2.19. The van der Waals surface area contributed by atoms with Crippen LogP contribution >= 0.6 is 0 Å². The highest BCUT2D eigenvalue weighted by Gasteiger charge is 2.23. The Labute approximate surface area is 120 Å². The summed E-state index contributed by atoms with van der Waals surface area (Å²) < 4.78 is 37.8. The zero-order valence-electron chi connectivity index (χ0n) is 11.6. The molecule has 0 N–H and O–H groups in total. The van der Waals surface area contributed by atoms with Gasteiger partial charge >= 0.3 is 5.97 Å². The topological polar surface area (TPSA) is 125 Å². The molecule has 0 atom stereocenters. The Bertz CT molecular complexity index is 741. The van der Waals surface area contributed by atoms with Gasteiger partial charge in [-0.25, -0.2) is 8.42 Å². The second-order valence-electron chi connectivity index (χ2n) is 4.32. The van der Waals surface area contributed by atoms with Gasteiger partial charge in [-0.1, -0.05) is 10.3 Å². The first-order chi connectivity index (χ1) is 9.82. The maximum Gasteiger partial charge on any atom is 0.320 e. The van der Waals surface area contributed by atoms with E-state index in [9.17, 15) is 13.2 Å². The molecule has 0 spiro atoms. The van der Waals surface area contributed by atoms with Gasteiger partial charge in [-0.15, -0.1) is 0 Å². The van der Waals surface area contributed by atoms with E-state index in [1.54, 1.807) is 13.8 Å². The van der Waals surface area contributed by atoms with Crippen LogP contribution in [0.2, 0.25) is 0 Å². The molecule has 21 heavy (non-hydrogen) atoms. The predicted octanol–water partition coefficient (Wildman–Crippen LogP) is 0.429. The van der Waals surface area contributed by atoms with Crippen LogP contribution in [0.3, 0.4) is 0 Å². The van der Waals surface area contributed by atoms with Gasteiger partial charge in [0.25, 0.3) is 5.89 Å². The summed E-state index contributed by atoms with van der Waals surface area (Å²) in [6.07, 6.45) is 0. The summed E-state index contributed by atoms with van der Waals surface area (Å²) in [6.45, 7) is 3.37. The molecule has 0 amide bonds. The summed E-state index contributed by atoms with van der Waals surface area (Å²) in [4.78, 5) is 15.0. The molecule has 0 aliphatic carbocycles. The molecule has 0 aromatic carbocycles. The first-order valence-electron chi connectivity index (χ1n) is 5.85. The lowest BCUT2D eigenvalue weighted by atomic mass is 10.2. The maximum absolute atomic E-state index is 11.7. The first-order valence-corrected chi connectivity index (χ1v) is 7.67. The van der Waals surface area contributed by atoms with Gasteiger partial charge in [-0.2, -0.15) is 4.98 Å². The van der Waals surface area contributed by atoms with Crippen LogP contribution in [0.1, 0.15) is 17.3 Å². The van der Waals surface area contributed by atoms with E-state index >= 15 is 0 Å². The van der Waals surface area contributed by atoms with Crippen molar-refractivity contribution >= 4 is 15.8 Å². The molecule has 0 fully saturated rings. The van der Waals surface area contributed by atoms with Crippen molar-refractivity contribution < 1.29 is 27.0 Å². The minimum atomic E-state index is -3.72. The average molecular weight is 315 g/mol. The van der Waals surface area contributed by atoms with E-state index in [0.717, 1.165) is 7.11 Å². The van der Waals surface area contributed by atoms with E-state index in [0.29, 0.717) is 17.0 Å². The monoisotopic (exact) mass is 315 g/mol. The Morgan fingerprint density at radius 1 is 1.24 bits per heavy atom. The molecule has 0 bridgehead atoms. The molecule has 0 aliphatic heterocycles. The van der Waals surface area contributed by atoms with Gasteiger partial charge in [0.15, 0.2) is 15.7 Å². The molecule has 0 unspecified atom stereocenters. The number of rotatable bonds is 5. The van der Waals surface area contributed by atoms with Crippen molar-refractivity contribution in [1.29, 1.82) is 0 Å². The van der Waals surface area contributed by atoms with Gasteiger partial charge in [-0.05, 0) is 13.8 Å². The zero-order valence-corrected chi connectivity index (χ0v) is 12.4. The quantitative estimate of drug-likeness (QED) is 0.722. The van der Waals surface area contributed by atoms with E-state index in [-0.39, 0.29) is 11.7 Å².